The molecule has 0 aliphatic heterocycles. The summed E-state index contributed by atoms with van der Waals surface area (Å²) in [7, 11) is 4.06. The maximum Gasteiger partial charge on any atom is 0.306 e. The molecule has 280 valence electrons. The third-order valence-electron chi connectivity index (χ3n) is 8.56. The Morgan fingerprint density at radius 2 is 0.896 bits per heavy atom. The summed E-state index contributed by atoms with van der Waals surface area (Å²) in [6.07, 6.45) is 34.6. The number of allylic oxidation sites excluding steroid dienone is 2. The van der Waals surface area contributed by atoms with Crippen LogP contribution < -0.4 is 0 Å². The van der Waals surface area contributed by atoms with E-state index >= 15 is 0 Å². The molecule has 0 aromatic rings. The SMILES string of the molecule is CCCC/C=C\COC(=O)CCCCCCCCCC(CCCCCCCCCC(=O)OC/C=C\CCCC)OC(=O)CCCN(C)C. The van der Waals surface area contributed by atoms with Gasteiger partial charge in [0.15, 0.2) is 0 Å². The van der Waals surface area contributed by atoms with Crippen LogP contribution in [0.25, 0.3) is 0 Å². The predicted molar refractivity (Wildman–Crippen MR) is 200 cm³/mol. The lowest BCUT2D eigenvalue weighted by Gasteiger charge is -2.18. The van der Waals surface area contributed by atoms with E-state index in [-0.39, 0.29) is 24.0 Å². The molecule has 0 unspecified atom stereocenters. The van der Waals surface area contributed by atoms with Gasteiger partial charge in [-0.25, -0.2) is 0 Å². The fourth-order valence-electron chi connectivity index (χ4n) is 5.54. The summed E-state index contributed by atoms with van der Waals surface area (Å²) in [5.41, 5.74) is 0. The Hall–Kier alpha value is -2.15. The van der Waals surface area contributed by atoms with Gasteiger partial charge in [-0.15, -0.1) is 0 Å². The highest BCUT2D eigenvalue weighted by Gasteiger charge is 2.14. The number of esters is 3. The van der Waals surface area contributed by atoms with Crippen molar-refractivity contribution in [3.8, 4) is 0 Å². The molecule has 48 heavy (non-hydrogen) atoms. The monoisotopic (exact) mass is 678 g/mol. The van der Waals surface area contributed by atoms with Gasteiger partial charge in [-0.05, 0) is 78.4 Å². The molecule has 0 aliphatic rings. The molecular weight excluding hydrogens is 602 g/mol. The summed E-state index contributed by atoms with van der Waals surface area (Å²) in [5, 5.41) is 0. The summed E-state index contributed by atoms with van der Waals surface area (Å²) in [4.78, 5) is 38.3. The first kappa shape index (κ1) is 45.9. The van der Waals surface area contributed by atoms with Gasteiger partial charge in [0.05, 0.1) is 0 Å². The van der Waals surface area contributed by atoms with E-state index in [2.05, 4.69) is 30.9 Å². The van der Waals surface area contributed by atoms with Crippen LogP contribution in [0.4, 0.5) is 0 Å². The highest BCUT2D eigenvalue weighted by molar-refractivity contribution is 5.70. The van der Waals surface area contributed by atoms with Crippen molar-refractivity contribution < 1.29 is 28.6 Å². The van der Waals surface area contributed by atoms with Crippen LogP contribution in [0.1, 0.15) is 181 Å². The molecule has 0 fully saturated rings. The zero-order valence-corrected chi connectivity index (χ0v) is 31.8. The van der Waals surface area contributed by atoms with Crippen LogP contribution in [0.15, 0.2) is 24.3 Å². The van der Waals surface area contributed by atoms with Crippen molar-refractivity contribution in [2.45, 2.75) is 187 Å². The van der Waals surface area contributed by atoms with Gasteiger partial charge in [-0.2, -0.15) is 0 Å². The van der Waals surface area contributed by atoms with E-state index in [1.165, 1.54) is 51.4 Å². The molecule has 0 rings (SSSR count). The Morgan fingerprint density at radius 1 is 0.500 bits per heavy atom. The van der Waals surface area contributed by atoms with Crippen LogP contribution in [0.5, 0.6) is 0 Å². The van der Waals surface area contributed by atoms with E-state index in [4.69, 9.17) is 14.2 Å². The summed E-state index contributed by atoms with van der Waals surface area (Å²) >= 11 is 0. The first-order valence-corrected chi connectivity index (χ1v) is 19.8. The van der Waals surface area contributed by atoms with E-state index in [0.29, 0.717) is 32.5 Å². The Balaban J connectivity index is 4.05. The number of hydrogen-bond acceptors (Lipinski definition) is 7. The molecule has 0 atom stereocenters. The third kappa shape index (κ3) is 35.2. The number of unbranched alkanes of at least 4 members (excludes halogenated alkanes) is 16. The maximum atomic E-state index is 12.5. The average molecular weight is 678 g/mol. The Bertz CT molecular complexity index is 757. The number of rotatable bonds is 35. The Labute approximate surface area is 296 Å². The molecule has 0 aliphatic carbocycles. The van der Waals surface area contributed by atoms with Gasteiger partial charge in [-0.1, -0.05) is 128 Å². The smallest absolute Gasteiger partial charge is 0.306 e. The van der Waals surface area contributed by atoms with Crippen molar-refractivity contribution in [3.05, 3.63) is 24.3 Å². The van der Waals surface area contributed by atoms with Crippen molar-refractivity contribution in [1.82, 2.24) is 4.90 Å². The summed E-state index contributed by atoms with van der Waals surface area (Å²) in [6.45, 7) is 6.04. The fourth-order valence-corrected chi connectivity index (χ4v) is 5.54. The largest absolute Gasteiger partial charge is 0.462 e. The van der Waals surface area contributed by atoms with Gasteiger partial charge in [0.25, 0.3) is 0 Å². The molecule has 0 radical (unpaired) electrons. The second kappa shape index (κ2) is 36.1. The molecule has 0 aromatic heterocycles. The molecule has 0 N–H and O–H groups in total. The minimum atomic E-state index is -0.0896. The number of carbonyl (C=O) groups is 3. The van der Waals surface area contributed by atoms with Gasteiger partial charge in [0.2, 0.25) is 0 Å². The summed E-state index contributed by atoms with van der Waals surface area (Å²) < 4.78 is 16.5. The summed E-state index contributed by atoms with van der Waals surface area (Å²) in [6, 6.07) is 0. The predicted octanol–water partition coefficient (Wildman–Crippen LogP) is 10.8. The highest BCUT2D eigenvalue weighted by atomic mass is 16.5. The number of carbonyl (C=O) groups excluding carboxylic acids is 3. The molecule has 0 aromatic carbocycles. The molecule has 0 spiro atoms. The van der Waals surface area contributed by atoms with E-state index in [1.807, 2.05) is 26.2 Å². The van der Waals surface area contributed by atoms with Gasteiger partial charge >= 0.3 is 17.9 Å². The van der Waals surface area contributed by atoms with Gasteiger partial charge in [0.1, 0.15) is 19.3 Å². The van der Waals surface area contributed by atoms with Crippen molar-refractivity contribution >= 4 is 17.9 Å². The van der Waals surface area contributed by atoms with Crippen LogP contribution in [0.3, 0.4) is 0 Å². The number of hydrogen-bond donors (Lipinski definition) is 0. The van der Waals surface area contributed by atoms with Gasteiger partial charge in [0, 0.05) is 19.3 Å². The normalized spacial score (nSPS) is 11.7. The molecular formula is C41H75NO6. The van der Waals surface area contributed by atoms with E-state index in [1.54, 1.807) is 0 Å². The quantitative estimate of drug-likeness (QED) is 0.0286. The van der Waals surface area contributed by atoms with Crippen LogP contribution in [0, 0.1) is 0 Å². The lowest BCUT2D eigenvalue weighted by molar-refractivity contribution is -0.150. The van der Waals surface area contributed by atoms with Gasteiger partial charge in [-0.3, -0.25) is 14.4 Å². The van der Waals surface area contributed by atoms with Crippen LogP contribution in [-0.4, -0.2) is 62.8 Å². The minimum Gasteiger partial charge on any atom is -0.462 e. The minimum absolute atomic E-state index is 0.0249. The van der Waals surface area contributed by atoms with E-state index < -0.39 is 0 Å². The summed E-state index contributed by atoms with van der Waals surface area (Å²) in [5.74, 6) is -0.236. The molecule has 7 heteroatoms. The van der Waals surface area contributed by atoms with Crippen LogP contribution in [-0.2, 0) is 28.6 Å². The molecule has 7 nitrogen and oxygen atoms in total. The lowest BCUT2D eigenvalue weighted by Crippen LogP contribution is -2.20. The standard InChI is InChI=1S/C41H75NO6/c1-5-7-9-21-27-36-46-39(43)32-25-19-15-11-13-17-23-30-38(48-41(45)34-29-35-42(3)4)31-24-18-14-12-16-20-26-33-40(44)47-37-28-22-10-8-6-2/h21-22,27-28,38H,5-20,23-26,29-37H2,1-4H3/b27-21-,28-22-. The van der Waals surface area contributed by atoms with Crippen LogP contribution in [0.2, 0.25) is 0 Å². The third-order valence-corrected chi connectivity index (χ3v) is 8.56. The molecule has 0 heterocycles. The number of nitrogens with zero attached hydrogens (tertiary/aromatic N) is 1. The second-order valence-electron chi connectivity index (χ2n) is 13.6. The van der Waals surface area contributed by atoms with Crippen LogP contribution >= 0.6 is 0 Å². The maximum absolute atomic E-state index is 12.5. The first-order chi connectivity index (χ1) is 23.4. The first-order valence-electron chi connectivity index (χ1n) is 19.8. The van der Waals surface area contributed by atoms with E-state index in [9.17, 15) is 14.4 Å². The fraction of sp³-hybridized carbons (Fsp3) is 0.829. The van der Waals surface area contributed by atoms with Crippen molar-refractivity contribution in [1.29, 1.82) is 0 Å². The van der Waals surface area contributed by atoms with Crippen molar-refractivity contribution in [3.63, 3.8) is 0 Å². The molecule has 0 amide bonds. The lowest BCUT2D eigenvalue weighted by atomic mass is 10.0. The molecule has 0 saturated heterocycles. The molecule has 0 bridgehead atoms. The highest BCUT2D eigenvalue weighted by Crippen LogP contribution is 2.18. The topological polar surface area (TPSA) is 82.1 Å². The Kier molecular flexibility index (Phi) is 34.5. The van der Waals surface area contributed by atoms with Crippen molar-refractivity contribution in [2.75, 3.05) is 33.9 Å². The zero-order chi connectivity index (χ0) is 35.3. The van der Waals surface area contributed by atoms with Crippen molar-refractivity contribution in [2.24, 2.45) is 0 Å². The second-order valence-corrected chi connectivity index (χ2v) is 13.6. The molecule has 0 saturated carbocycles. The average Bonchev–Trinajstić information content (AvgIpc) is 3.05. The number of ether oxygens (including phenoxy) is 3. The van der Waals surface area contributed by atoms with Gasteiger partial charge < -0.3 is 19.1 Å². The zero-order valence-electron chi connectivity index (χ0n) is 31.8. The van der Waals surface area contributed by atoms with E-state index in [0.717, 1.165) is 103 Å². The Morgan fingerprint density at radius 3 is 1.31 bits per heavy atom.